The fourth-order valence-corrected chi connectivity index (χ4v) is 2.48. The minimum atomic E-state index is -0.298. The number of esters is 1. The molecule has 0 unspecified atom stereocenters. The minimum Gasteiger partial charge on any atom is -0.494 e. The van der Waals surface area contributed by atoms with Crippen molar-refractivity contribution in [2.24, 2.45) is 0 Å². The highest BCUT2D eigenvalue weighted by atomic mass is 16.5. The summed E-state index contributed by atoms with van der Waals surface area (Å²) in [5.41, 5.74) is 1.35. The Labute approximate surface area is 158 Å². The maximum atomic E-state index is 12.2. The van der Waals surface area contributed by atoms with Gasteiger partial charge in [0.1, 0.15) is 5.76 Å². The number of ether oxygens (including phenoxy) is 2. The Bertz CT molecular complexity index is 527. The number of allylic oxidation sites excluding steroid dienone is 2. The van der Waals surface area contributed by atoms with Crippen molar-refractivity contribution in [3.8, 4) is 0 Å². The fraction of sp³-hybridized carbons (Fsp3) is 0.435. The summed E-state index contributed by atoms with van der Waals surface area (Å²) in [5, 5.41) is 0. The summed E-state index contributed by atoms with van der Waals surface area (Å²) in [6.45, 7) is 12.5. The van der Waals surface area contributed by atoms with Gasteiger partial charge in [0, 0.05) is 5.56 Å². The molecule has 3 heteroatoms. The monoisotopic (exact) mass is 356 g/mol. The summed E-state index contributed by atoms with van der Waals surface area (Å²) in [6, 6.07) is 7.26. The van der Waals surface area contributed by atoms with Crippen LogP contribution in [0.3, 0.4) is 0 Å². The van der Waals surface area contributed by atoms with Crippen LogP contribution in [0.25, 0.3) is 5.76 Å². The predicted octanol–water partition coefficient (Wildman–Crippen LogP) is 6.32. The van der Waals surface area contributed by atoms with Crippen LogP contribution in [0.2, 0.25) is 0 Å². The van der Waals surface area contributed by atoms with Crippen LogP contribution in [-0.2, 0) is 9.47 Å². The van der Waals surface area contributed by atoms with Crippen LogP contribution >= 0.6 is 0 Å². The number of carbonyl (C=O) groups is 1. The second kappa shape index (κ2) is 13.9. The van der Waals surface area contributed by atoms with E-state index >= 15 is 0 Å². The normalized spacial score (nSPS) is 10.2. The maximum absolute atomic E-state index is 12.2. The Morgan fingerprint density at radius 3 is 2.04 bits per heavy atom. The molecule has 0 spiro atoms. The van der Waals surface area contributed by atoms with Crippen LogP contribution in [0.5, 0.6) is 0 Å². The molecule has 0 radical (unpaired) electrons. The molecular formula is C23H32O3. The van der Waals surface area contributed by atoms with Crippen LogP contribution in [0.15, 0.2) is 56.2 Å². The lowest BCUT2D eigenvalue weighted by molar-refractivity contribution is 0.0498. The van der Waals surface area contributed by atoms with E-state index in [9.17, 15) is 4.79 Å². The zero-order valence-corrected chi connectivity index (χ0v) is 15.9. The van der Waals surface area contributed by atoms with Crippen LogP contribution in [0.4, 0.5) is 0 Å². The molecule has 0 aliphatic carbocycles. The van der Waals surface area contributed by atoms with Gasteiger partial charge in [-0.25, -0.2) is 4.79 Å². The first kappa shape index (κ1) is 21.8. The Kier molecular flexibility index (Phi) is 11.7. The molecule has 0 bridgehead atoms. The lowest BCUT2D eigenvalue weighted by Gasteiger charge is -2.10. The van der Waals surface area contributed by atoms with Gasteiger partial charge in [0.15, 0.2) is 0 Å². The van der Waals surface area contributed by atoms with Crippen molar-refractivity contribution in [2.45, 2.75) is 51.4 Å². The smallest absolute Gasteiger partial charge is 0.338 e. The van der Waals surface area contributed by atoms with E-state index in [0.717, 1.165) is 56.9 Å². The topological polar surface area (TPSA) is 35.5 Å². The highest BCUT2D eigenvalue weighted by molar-refractivity contribution is 5.90. The molecule has 0 N–H and O–H groups in total. The maximum Gasteiger partial charge on any atom is 0.338 e. The van der Waals surface area contributed by atoms with Gasteiger partial charge in [-0.3, -0.25) is 0 Å². The lowest BCUT2D eigenvalue weighted by Crippen LogP contribution is -2.07. The molecule has 1 aromatic rings. The molecule has 0 aliphatic heterocycles. The predicted molar refractivity (Wildman–Crippen MR) is 109 cm³/mol. The first-order valence-corrected chi connectivity index (χ1v) is 9.50. The van der Waals surface area contributed by atoms with Crippen molar-refractivity contribution in [3.63, 3.8) is 0 Å². The molecule has 0 atom stereocenters. The third-order valence-corrected chi connectivity index (χ3v) is 4.03. The van der Waals surface area contributed by atoms with Gasteiger partial charge in [-0.1, -0.05) is 30.9 Å². The van der Waals surface area contributed by atoms with Gasteiger partial charge in [0.25, 0.3) is 0 Å². The molecule has 0 saturated heterocycles. The van der Waals surface area contributed by atoms with Gasteiger partial charge >= 0.3 is 5.97 Å². The van der Waals surface area contributed by atoms with Crippen molar-refractivity contribution >= 4 is 11.7 Å². The summed E-state index contributed by atoms with van der Waals surface area (Å²) in [5.74, 6) is 0.292. The Morgan fingerprint density at radius 2 is 1.42 bits per heavy atom. The van der Waals surface area contributed by atoms with Gasteiger partial charge in [-0.15, -0.1) is 13.2 Å². The van der Waals surface area contributed by atoms with Crippen LogP contribution in [0.1, 0.15) is 67.3 Å². The van der Waals surface area contributed by atoms with E-state index in [1.807, 2.05) is 24.3 Å². The third-order valence-electron chi connectivity index (χ3n) is 4.03. The number of hydrogen-bond donors (Lipinski definition) is 0. The van der Waals surface area contributed by atoms with Crippen LogP contribution < -0.4 is 0 Å². The molecule has 0 fully saturated rings. The van der Waals surface area contributed by atoms with E-state index in [0.29, 0.717) is 24.5 Å². The fourth-order valence-electron chi connectivity index (χ4n) is 2.48. The molecule has 142 valence electrons. The van der Waals surface area contributed by atoms with Gasteiger partial charge in [0.05, 0.1) is 18.8 Å². The molecule has 26 heavy (non-hydrogen) atoms. The quantitative estimate of drug-likeness (QED) is 0.160. The van der Waals surface area contributed by atoms with Crippen molar-refractivity contribution in [3.05, 3.63) is 67.3 Å². The highest BCUT2D eigenvalue weighted by Gasteiger charge is 2.09. The van der Waals surface area contributed by atoms with E-state index in [2.05, 4.69) is 19.7 Å². The van der Waals surface area contributed by atoms with Gasteiger partial charge < -0.3 is 9.47 Å². The molecule has 0 saturated carbocycles. The van der Waals surface area contributed by atoms with Crippen LogP contribution in [-0.4, -0.2) is 19.2 Å². The lowest BCUT2D eigenvalue weighted by atomic mass is 10.1. The molecule has 3 nitrogen and oxygen atoms in total. The third kappa shape index (κ3) is 9.26. The van der Waals surface area contributed by atoms with Crippen LogP contribution in [0, 0.1) is 0 Å². The molecule has 0 aromatic heterocycles. The summed E-state index contributed by atoms with van der Waals surface area (Å²) < 4.78 is 11.0. The van der Waals surface area contributed by atoms with Gasteiger partial charge in [-0.2, -0.15) is 0 Å². The van der Waals surface area contributed by atoms with E-state index < -0.39 is 0 Å². The van der Waals surface area contributed by atoms with E-state index in [4.69, 9.17) is 9.47 Å². The molecular weight excluding hydrogens is 324 g/mol. The number of carbonyl (C=O) groups excluding carboxylic acids is 1. The van der Waals surface area contributed by atoms with Crippen molar-refractivity contribution in [2.75, 3.05) is 13.2 Å². The van der Waals surface area contributed by atoms with Gasteiger partial charge in [0.2, 0.25) is 0 Å². The summed E-state index contributed by atoms with van der Waals surface area (Å²) in [4.78, 5) is 12.2. The number of rotatable bonds is 15. The summed E-state index contributed by atoms with van der Waals surface area (Å²) in [6.07, 6.45) is 12.1. The number of benzene rings is 1. The molecule has 1 aromatic carbocycles. The van der Waals surface area contributed by atoms with Crippen molar-refractivity contribution in [1.29, 1.82) is 0 Å². The summed E-state index contributed by atoms with van der Waals surface area (Å²) >= 11 is 0. The molecule has 0 amide bonds. The molecule has 1 rings (SSSR count). The van der Waals surface area contributed by atoms with Crippen molar-refractivity contribution in [1.82, 2.24) is 0 Å². The SMILES string of the molecule is C=CCCCCCOC(=C)c1cccc(C(=O)OCCCCCC=C)c1. The van der Waals surface area contributed by atoms with E-state index in [1.165, 1.54) is 0 Å². The zero-order chi connectivity index (χ0) is 19.0. The number of unbranched alkanes of at least 4 members (excludes halogenated alkanes) is 6. The average Bonchev–Trinajstić information content (AvgIpc) is 2.67. The highest BCUT2D eigenvalue weighted by Crippen LogP contribution is 2.17. The van der Waals surface area contributed by atoms with Crippen molar-refractivity contribution < 1.29 is 14.3 Å². The molecule has 0 aliphatic rings. The Hall–Kier alpha value is -2.29. The van der Waals surface area contributed by atoms with Gasteiger partial charge in [-0.05, 0) is 63.5 Å². The van der Waals surface area contributed by atoms with E-state index in [-0.39, 0.29) is 5.97 Å². The van der Waals surface area contributed by atoms with E-state index in [1.54, 1.807) is 12.1 Å². The Morgan fingerprint density at radius 1 is 0.846 bits per heavy atom. The second-order valence-electron chi connectivity index (χ2n) is 6.26. The Balaban J connectivity index is 2.36. The second-order valence-corrected chi connectivity index (χ2v) is 6.26. The average molecular weight is 357 g/mol. The first-order valence-electron chi connectivity index (χ1n) is 9.50. The standard InChI is InChI=1S/C23H32O3/c1-4-6-8-10-12-17-25-20(3)21-15-14-16-22(19-21)23(24)26-18-13-11-9-7-5-2/h4-5,14-16,19H,1-3,6-13,17-18H2. The molecule has 0 heterocycles. The first-order chi connectivity index (χ1) is 12.7. The minimum absolute atomic E-state index is 0.298. The largest absolute Gasteiger partial charge is 0.494 e. The summed E-state index contributed by atoms with van der Waals surface area (Å²) in [7, 11) is 0. The zero-order valence-electron chi connectivity index (χ0n) is 15.9. The number of hydrogen-bond acceptors (Lipinski definition) is 3.